The fraction of sp³-hybridized carbons (Fsp3) is 0.250. The summed E-state index contributed by atoms with van der Waals surface area (Å²) >= 11 is 0. The maximum Gasteiger partial charge on any atom is 0.254 e. The van der Waals surface area contributed by atoms with Crippen LogP contribution in [-0.4, -0.2) is 27.6 Å². The normalized spacial score (nSPS) is 10.5. The van der Waals surface area contributed by atoms with Crippen molar-refractivity contribution in [1.82, 2.24) is 20.5 Å². The Hall–Kier alpha value is -2.31. The van der Waals surface area contributed by atoms with Gasteiger partial charge in [0.1, 0.15) is 23.8 Å². The topological polar surface area (TPSA) is 70.7 Å². The zero-order valence-corrected chi connectivity index (χ0v) is 10.2. The first-order chi connectivity index (χ1) is 9.08. The van der Waals surface area contributed by atoms with E-state index < -0.39 is 17.5 Å². The number of nitrogens with zero attached hydrogens (tertiary/aromatic N) is 2. The van der Waals surface area contributed by atoms with Crippen LogP contribution in [0.2, 0.25) is 0 Å². The van der Waals surface area contributed by atoms with Crippen molar-refractivity contribution in [1.29, 1.82) is 0 Å². The number of rotatable bonds is 4. The second kappa shape index (κ2) is 5.55. The van der Waals surface area contributed by atoms with Gasteiger partial charge in [-0.3, -0.25) is 9.89 Å². The zero-order chi connectivity index (χ0) is 13.8. The molecule has 0 radical (unpaired) electrons. The minimum absolute atomic E-state index is 0.170. The second-order valence-corrected chi connectivity index (χ2v) is 4.02. The smallest absolute Gasteiger partial charge is 0.254 e. The molecule has 1 heterocycles. The maximum atomic E-state index is 13.5. The predicted octanol–water partition coefficient (Wildman–Crippen LogP) is 1.36. The third kappa shape index (κ3) is 3.12. The quantitative estimate of drug-likeness (QED) is 0.877. The molecule has 0 saturated heterocycles. The minimum Gasteiger partial charge on any atom is -0.351 e. The molecule has 0 aliphatic rings. The van der Waals surface area contributed by atoms with Crippen molar-refractivity contribution in [2.45, 2.75) is 13.3 Å². The first-order valence-corrected chi connectivity index (χ1v) is 5.66. The standard InChI is InChI=1S/C12H12F2N4O/c1-7-4-8(10(14)5-9(7)13)12(19)15-3-2-11-16-6-17-18-11/h4-6H,2-3H2,1H3,(H,15,19)(H,16,17,18). The first-order valence-electron chi connectivity index (χ1n) is 5.66. The van der Waals surface area contributed by atoms with Gasteiger partial charge in [0.15, 0.2) is 0 Å². The summed E-state index contributed by atoms with van der Waals surface area (Å²) in [4.78, 5) is 15.6. The van der Waals surface area contributed by atoms with Crippen LogP contribution in [0, 0.1) is 18.6 Å². The summed E-state index contributed by atoms with van der Waals surface area (Å²) < 4.78 is 26.5. The Labute approximate surface area is 108 Å². The van der Waals surface area contributed by atoms with E-state index in [-0.39, 0.29) is 17.7 Å². The Bertz CT molecular complexity index is 584. The molecule has 2 rings (SSSR count). The average molecular weight is 266 g/mol. The molecule has 0 spiro atoms. The lowest BCUT2D eigenvalue weighted by atomic mass is 10.1. The Morgan fingerprint density at radius 1 is 1.37 bits per heavy atom. The molecule has 0 bridgehead atoms. The molecule has 1 aromatic carbocycles. The number of hydrogen-bond acceptors (Lipinski definition) is 3. The van der Waals surface area contributed by atoms with Crippen LogP contribution >= 0.6 is 0 Å². The summed E-state index contributed by atoms with van der Waals surface area (Å²) in [5.41, 5.74) is 0.0539. The lowest BCUT2D eigenvalue weighted by Gasteiger charge is -2.06. The Morgan fingerprint density at radius 2 is 2.16 bits per heavy atom. The molecule has 5 nitrogen and oxygen atoms in total. The highest BCUT2D eigenvalue weighted by atomic mass is 19.1. The fourth-order valence-electron chi connectivity index (χ4n) is 1.57. The summed E-state index contributed by atoms with van der Waals surface area (Å²) in [6, 6.07) is 1.90. The van der Waals surface area contributed by atoms with E-state index in [2.05, 4.69) is 20.5 Å². The van der Waals surface area contributed by atoms with Crippen molar-refractivity contribution < 1.29 is 13.6 Å². The van der Waals surface area contributed by atoms with E-state index in [9.17, 15) is 13.6 Å². The van der Waals surface area contributed by atoms with Crippen molar-refractivity contribution in [3.8, 4) is 0 Å². The van der Waals surface area contributed by atoms with Crippen LogP contribution < -0.4 is 5.32 Å². The predicted molar refractivity (Wildman–Crippen MR) is 63.5 cm³/mol. The molecule has 1 amide bonds. The molecule has 0 aliphatic heterocycles. The van der Waals surface area contributed by atoms with E-state index in [1.54, 1.807) is 0 Å². The summed E-state index contributed by atoms with van der Waals surface area (Å²) in [7, 11) is 0. The Morgan fingerprint density at radius 3 is 2.84 bits per heavy atom. The van der Waals surface area contributed by atoms with Crippen LogP contribution in [0.1, 0.15) is 21.7 Å². The van der Waals surface area contributed by atoms with E-state index in [4.69, 9.17) is 0 Å². The number of hydrogen-bond donors (Lipinski definition) is 2. The summed E-state index contributed by atoms with van der Waals surface area (Å²) in [5.74, 6) is -1.51. The molecule has 0 fully saturated rings. The molecule has 0 saturated carbocycles. The lowest BCUT2D eigenvalue weighted by Crippen LogP contribution is -2.27. The van der Waals surface area contributed by atoms with Gasteiger partial charge in [-0.25, -0.2) is 13.8 Å². The fourth-order valence-corrected chi connectivity index (χ4v) is 1.57. The molecule has 2 aromatic rings. The summed E-state index contributed by atoms with van der Waals surface area (Å²) in [6.07, 6.45) is 1.81. The van der Waals surface area contributed by atoms with Crippen LogP contribution in [0.25, 0.3) is 0 Å². The number of aromatic nitrogens is 3. The largest absolute Gasteiger partial charge is 0.351 e. The van der Waals surface area contributed by atoms with Gasteiger partial charge in [0, 0.05) is 19.0 Å². The summed E-state index contributed by atoms with van der Waals surface area (Å²) in [5, 5.41) is 8.84. The van der Waals surface area contributed by atoms with Gasteiger partial charge in [-0.1, -0.05) is 0 Å². The Kier molecular flexibility index (Phi) is 3.84. The third-order valence-corrected chi connectivity index (χ3v) is 2.61. The van der Waals surface area contributed by atoms with E-state index in [1.165, 1.54) is 19.3 Å². The number of nitrogens with one attached hydrogen (secondary N) is 2. The van der Waals surface area contributed by atoms with Crippen molar-refractivity contribution >= 4 is 5.91 Å². The number of carbonyl (C=O) groups is 1. The lowest BCUT2D eigenvalue weighted by molar-refractivity contribution is 0.0950. The van der Waals surface area contributed by atoms with Gasteiger partial charge in [-0.05, 0) is 18.6 Å². The number of H-pyrrole nitrogens is 1. The van der Waals surface area contributed by atoms with Gasteiger partial charge in [-0.15, -0.1) is 0 Å². The third-order valence-electron chi connectivity index (χ3n) is 2.61. The molecule has 2 N–H and O–H groups in total. The average Bonchev–Trinajstić information content (AvgIpc) is 2.86. The minimum atomic E-state index is -0.875. The molecule has 0 aliphatic carbocycles. The van der Waals surface area contributed by atoms with Crippen LogP contribution in [0.15, 0.2) is 18.5 Å². The highest BCUT2D eigenvalue weighted by Gasteiger charge is 2.14. The molecule has 100 valence electrons. The zero-order valence-electron chi connectivity index (χ0n) is 10.2. The van der Waals surface area contributed by atoms with E-state index in [1.807, 2.05) is 0 Å². The SMILES string of the molecule is Cc1cc(C(=O)NCCc2ncn[nH]2)c(F)cc1F. The molecule has 19 heavy (non-hydrogen) atoms. The Balaban J connectivity index is 1.98. The van der Waals surface area contributed by atoms with Crippen LogP contribution in [0.4, 0.5) is 8.78 Å². The molecule has 0 atom stereocenters. The van der Waals surface area contributed by atoms with Crippen molar-refractivity contribution in [2.24, 2.45) is 0 Å². The van der Waals surface area contributed by atoms with E-state index in [0.717, 1.165) is 0 Å². The number of halogens is 2. The van der Waals surface area contributed by atoms with Gasteiger partial charge in [0.2, 0.25) is 0 Å². The van der Waals surface area contributed by atoms with Gasteiger partial charge in [0.05, 0.1) is 5.56 Å². The monoisotopic (exact) mass is 266 g/mol. The number of aromatic amines is 1. The van der Waals surface area contributed by atoms with Crippen LogP contribution in [0.3, 0.4) is 0 Å². The second-order valence-electron chi connectivity index (χ2n) is 4.02. The van der Waals surface area contributed by atoms with Crippen molar-refractivity contribution in [2.75, 3.05) is 6.54 Å². The number of aryl methyl sites for hydroxylation is 1. The van der Waals surface area contributed by atoms with Crippen LogP contribution in [-0.2, 0) is 6.42 Å². The van der Waals surface area contributed by atoms with Crippen molar-refractivity contribution in [3.63, 3.8) is 0 Å². The number of benzene rings is 1. The summed E-state index contributed by atoms with van der Waals surface area (Å²) in [6.45, 7) is 1.75. The number of amides is 1. The van der Waals surface area contributed by atoms with Gasteiger partial charge in [0.25, 0.3) is 5.91 Å². The van der Waals surface area contributed by atoms with Crippen molar-refractivity contribution in [3.05, 3.63) is 47.0 Å². The van der Waals surface area contributed by atoms with E-state index >= 15 is 0 Å². The van der Waals surface area contributed by atoms with Crippen LogP contribution in [0.5, 0.6) is 0 Å². The maximum absolute atomic E-state index is 13.5. The molecule has 0 unspecified atom stereocenters. The number of carbonyl (C=O) groups excluding carboxylic acids is 1. The molecule has 1 aromatic heterocycles. The van der Waals surface area contributed by atoms with Gasteiger partial charge >= 0.3 is 0 Å². The van der Waals surface area contributed by atoms with Gasteiger partial charge in [-0.2, -0.15) is 5.10 Å². The highest BCUT2D eigenvalue weighted by Crippen LogP contribution is 2.13. The first kappa shape index (κ1) is 13.1. The molecular formula is C12H12F2N4O. The molecule has 7 heteroatoms. The van der Waals surface area contributed by atoms with E-state index in [0.29, 0.717) is 18.3 Å². The molecular weight excluding hydrogens is 254 g/mol. The highest BCUT2D eigenvalue weighted by molar-refractivity contribution is 5.94. The van der Waals surface area contributed by atoms with Gasteiger partial charge < -0.3 is 5.32 Å².